The molecule has 0 spiro atoms. The van der Waals surface area contributed by atoms with E-state index in [9.17, 15) is 0 Å². The zero-order chi connectivity index (χ0) is 44.6. The summed E-state index contributed by atoms with van der Waals surface area (Å²) >= 11 is 0. The molecule has 63 heavy (non-hydrogen) atoms. The monoisotopic (exact) mass is 777 g/mol. The lowest BCUT2D eigenvalue weighted by molar-refractivity contribution is 1.33. The number of aromatic nitrogens is 3. The first-order valence-corrected chi connectivity index (χ1v) is 17.0. The highest BCUT2D eigenvalue weighted by atomic mass is 14.9. The van der Waals surface area contributed by atoms with Crippen molar-refractivity contribution in [2.24, 2.45) is 0 Å². The second-order valence-electron chi connectivity index (χ2n) is 9.37. The van der Waals surface area contributed by atoms with Gasteiger partial charge in [-0.3, -0.25) is 4.98 Å². The molecular formula is C60H15N3. The summed E-state index contributed by atoms with van der Waals surface area (Å²) in [6, 6.07) is 10.2. The molecule has 1 N–H and O–H groups in total. The highest BCUT2D eigenvalue weighted by molar-refractivity contribution is 5.81. The fourth-order valence-electron chi connectivity index (χ4n) is 3.10. The van der Waals surface area contributed by atoms with Crippen molar-refractivity contribution in [2.45, 2.75) is 13.8 Å². The number of H-pyrrole nitrogens is 1. The Labute approximate surface area is 370 Å². The summed E-state index contributed by atoms with van der Waals surface area (Å²) in [7, 11) is 0. The Balaban J connectivity index is 0.000000744. The lowest BCUT2D eigenvalue weighted by atomic mass is 10.1. The van der Waals surface area contributed by atoms with Crippen LogP contribution in [0.15, 0.2) is 49.1 Å². The average molecular weight is 778 g/mol. The van der Waals surface area contributed by atoms with Crippen LogP contribution in [0.1, 0.15) is 13.8 Å². The number of rotatable bonds is 1. The van der Waals surface area contributed by atoms with Crippen LogP contribution in [0.4, 0.5) is 0 Å². The van der Waals surface area contributed by atoms with Gasteiger partial charge in [0.1, 0.15) is 0 Å². The molecule has 0 radical (unpaired) electrons. The topological polar surface area (TPSA) is 41.6 Å². The van der Waals surface area contributed by atoms with Crippen LogP contribution in [0.25, 0.3) is 22.2 Å². The predicted molar refractivity (Wildman–Crippen MR) is 250 cm³/mol. The van der Waals surface area contributed by atoms with E-state index in [0.717, 1.165) is 11.0 Å². The van der Waals surface area contributed by atoms with E-state index >= 15 is 0 Å². The van der Waals surface area contributed by atoms with Crippen LogP contribution in [0.2, 0.25) is 0 Å². The molecule has 0 unspecified atom stereocenters. The van der Waals surface area contributed by atoms with E-state index in [1.807, 2.05) is 18.2 Å². The molecule has 0 atom stereocenters. The number of pyridine rings is 1. The SMILES string of the molecule is CC#CC#CC#CC#CC#CC#CC#CC#CC#CC#CC#CC#CC#CC#CC#CC#CC#CC#CC#CC#CC#CC#CC#CC.c1cc(-c2ccc3nc[nH]c3c2)ccn1. The van der Waals surface area contributed by atoms with Crippen molar-refractivity contribution in [1.29, 1.82) is 0 Å². The van der Waals surface area contributed by atoms with E-state index in [4.69, 9.17) is 0 Å². The van der Waals surface area contributed by atoms with Gasteiger partial charge in [-0.25, -0.2) is 4.98 Å². The molecule has 0 saturated heterocycles. The number of hydrogen-bond donors (Lipinski definition) is 1. The van der Waals surface area contributed by atoms with Gasteiger partial charge < -0.3 is 4.98 Å². The third-order valence-corrected chi connectivity index (χ3v) is 5.37. The Morgan fingerprint density at radius 1 is 0.302 bits per heavy atom. The van der Waals surface area contributed by atoms with Gasteiger partial charge in [0, 0.05) is 178 Å². The fraction of sp³-hybridized carbons (Fsp3) is 0.0333. The minimum absolute atomic E-state index is 0.993. The lowest BCUT2D eigenvalue weighted by Gasteiger charge is -2.00. The third kappa shape index (κ3) is 27.9. The molecule has 2 heterocycles. The Morgan fingerprint density at radius 3 is 0.810 bits per heavy atom. The molecule has 0 amide bonds. The van der Waals surface area contributed by atoms with Gasteiger partial charge in [-0.1, -0.05) is 17.9 Å². The molecule has 0 aliphatic heterocycles. The maximum atomic E-state index is 4.19. The molecule has 0 saturated carbocycles. The van der Waals surface area contributed by atoms with Crippen LogP contribution in [0.5, 0.6) is 0 Å². The first-order chi connectivity index (χ1) is 31.3. The lowest BCUT2D eigenvalue weighted by Crippen LogP contribution is -1.78. The van der Waals surface area contributed by atoms with Gasteiger partial charge in [0.25, 0.3) is 0 Å². The van der Waals surface area contributed by atoms with Gasteiger partial charge in [-0.05, 0) is 144 Å². The minimum atomic E-state index is 0.993. The summed E-state index contributed by atoms with van der Waals surface area (Å²) in [5, 5.41) is 0. The summed E-state index contributed by atoms with van der Waals surface area (Å²) in [6.45, 7) is 3.38. The molecule has 3 nitrogen and oxygen atoms in total. The molecule has 270 valence electrons. The smallest absolute Gasteiger partial charge is 0.0931 e. The van der Waals surface area contributed by atoms with E-state index in [2.05, 4.69) is 299 Å². The number of aromatic amines is 1. The maximum Gasteiger partial charge on any atom is 0.0931 e. The number of imidazole rings is 1. The first-order valence-electron chi connectivity index (χ1n) is 17.0. The van der Waals surface area contributed by atoms with Gasteiger partial charge in [0.15, 0.2) is 0 Å². The van der Waals surface area contributed by atoms with Crippen molar-refractivity contribution in [3.63, 3.8) is 0 Å². The van der Waals surface area contributed by atoms with Crippen LogP contribution in [-0.2, 0) is 0 Å². The summed E-state index contributed by atoms with van der Waals surface area (Å²) in [4.78, 5) is 11.3. The number of nitrogens with zero attached hydrogens (tertiary/aromatic N) is 2. The Morgan fingerprint density at radius 2 is 0.556 bits per heavy atom. The molecule has 0 aliphatic rings. The fourth-order valence-corrected chi connectivity index (χ4v) is 3.10. The summed E-state index contributed by atoms with van der Waals surface area (Å²) in [6.07, 6.45) is 5.31. The predicted octanol–water partition coefficient (Wildman–Crippen LogP) is 3.73. The van der Waals surface area contributed by atoms with Crippen molar-refractivity contribution in [3.8, 4) is 283 Å². The number of hydrogen-bond acceptors (Lipinski definition) is 2. The molecule has 0 bridgehead atoms. The van der Waals surface area contributed by atoms with E-state index in [-0.39, 0.29) is 0 Å². The molecule has 3 rings (SSSR count). The van der Waals surface area contributed by atoms with Crippen molar-refractivity contribution < 1.29 is 0 Å². The molecule has 2 aromatic heterocycles. The number of fused-ring (bicyclic) bond motifs is 1. The van der Waals surface area contributed by atoms with E-state index in [0.29, 0.717) is 0 Å². The second-order valence-corrected chi connectivity index (χ2v) is 9.37. The van der Waals surface area contributed by atoms with Crippen LogP contribution in [0, 0.1) is 272 Å². The van der Waals surface area contributed by atoms with Crippen molar-refractivity contribution in [3.05, 3.63) is 49.1 Å². The van der Waals surface area contributed by atoms with E-state index in [1.54, 1.807) is 32.6 Å². The molecule has 0 aliphatic carbocycles. The Bertz CT molecular complexity index is 3630. The van der Waals surface area contributed by atoms with Crippen LogP contribution in [-0.4, -0.2) is 15.0 Å². The van der Waals surface area contributed by atoms with Gasteiger partial charge in [0.2, 0.25) is 0 Å². The zero-order valence-corrected chi connectivity index (χ0v) is 33.0. The van der Waals surface area contributed by atoms with Gasteiger partial charge in [-0.15, -0.1) is 0 Å². The molecule has 3 heteroatoms. The van der Waals surface area contributed by atoms with Crippen molar-refractivity contribution in [2.75, 3.05) is 0 Å². The van der Waals surface area contributed by atoms with E-state index < -0.39 is 0 Å². The summed E-state index contributed by atoms with van der Waals surface area (Å²) < 4.78 is 0. The zero-order valence-electron chi connectivity index (χ0n) is 33.0. The average Bonchev–Trinajstić information content (AvgIpc) is 3.79. The molecular weight excluding hydrogens is 763 g/mol. The Kier molecular flexibility index (Phi) is 27.3. The van der Waals surface area contributed by atoms with Gasteiger partial charge in [0.05, 0.1) is 17.4 Å². The van der Waals surface area contributed by atoms with Gasteiger partial charge >= 0.3 is 0 Å². The first kappa shape index (κ1) is 46.9. The molecule has 0 fully saturated rings. The van der Waals surface area contributed by atoms with Crippen LogP contribution >= 0.6 is 0 Å². The number of nitrogens with one attached hydrogen (secondary N) is 1. The van der Waals surface area contributed by atoms with Crippen LogP contribution in [0.3, 0.4) is 0 Å². The minimum Gasteiger partial charge on any atom is -0.345 e. The summed E-state index contributed by atoms with van der Waals surface area (Å²) in [5.41, 5.74) is 4.40. The highest BCUT2D eigenvalue weighted by Gasteiger charge is 2.00. The normalized spacial score (nSPS) is 5.56. The molecule has 1 aromatic carbocycles. The second kappa shape index (κ2) is 36.7. The van der Waals surface area contributed by atoms with Gasteiger partial charge in [-0.2, -0.15) is 0 Å². The van der Waals surface area contributed by atoms with Crippen molar-refractivity contribution >= 4 is 11.0 Å². The Hall–Kier alpha value is -12.3. The standard InChI is InChI=1S/C48H6.C12H9N3/c1-3-5-7-9-11-13-15-17-19-21-23-25-27-29-31-33-35-37-39-41-43-45-47-48-46-44-42-40-38-36-34-32-30-28-26-24-22-20-18-16-14-12-10-8-6-4-2;1-2-11-12(15-8-14-11)7-10(1)9-3-5-13-6-4-9/h1-2H3;1-8H,(H,14,15). The summed E-state index contributed by atoms with van der Waals surface area (Å²) in [5.74, 6) is 116. The highest BCUT2D eigenvalue weighted by Crippen LogP contribution is 2.21. The largest absolute Gasteiger partial charge is 0.345 e. The van der Waals surface area contributed by atoms with Crippen molar-refractivity contribution in [1.82, 2.24) is 15.0 Å². The maximum absolute atomic E-state index is 4.19. The third-order valence-electron chi connectivity index (χ3n) is 5.37. The van der Waals surface area contributed by atoms with Crippen LogP contribution < -0.4 is 0 Å². The van der Waals surface area contributed by atoms with E-state index in [1.165, 1.54) is 11.1 Å². The molecule has 3 aromatic rings. The number of benzene rings is 1. The quantitative estimate of drug-likeness (QED) is 0.384.